The molecular formula is C15H21N5O. The van der Waals surface area contributed by atoms with Gasteiger partial charge in [-0.3, -0.25) is 9.69 Å². The number of nitrogen functional groups attached to an aromatic ring is 1. The maximum Gasteiger partial charge on any atom is 0.258 e. The van der Waals surface area contributed by atoms with Gasteiger partial charge in [-0.2, -0.15) is 0 Å². The molecule has 1 aromatic carbocycles. The van der Waals surface area contributed by atoms with Gasteiger partial charge in [0.15, 0.2) is 0 Å². The molecule has 112 valence electrons. The number of anilines is 2. The first-order valence-electron chi connectivity index (χ1n) is 7.21. The van der Waals surface area contributed by atoms with Crippen LogP contribution in [-0.2, 0) is 0 Å². The van der Waals surface area contributed by atoms with Gasteiger partial charge in [-0.25, -0.2) is 4.98 Å². The summed E-state index contributed by atoms with van der Waals surface area (Å²) in [7, 11) is 2.15. The Morgan fingerprint density at radius 3 is 2.62 bits per heavy atom. The second-order valence-electron chi connectivity index (χ2n) is 5.93. The van der Waals surface area contributed by atoms with Gasteiger partial charge < -0.3 is 15.6 Å². The number of nitrogens with two attached hydrogens (primary N) is 1. The van der Waals surface area contributed by atoms with Crippen LogP contribution in [0.25, 0.3) is 10.9 Å². The van der Waals surface area contributed by atoms with Gasteiger partial charge in [-0.1, -0.05) is 0 Å². The molecule has 3 rings (SSSR count). The van der Waals surface area contributed by atoms with Crippen LogP contribution in [0.2, 0.25) is 0 Å². The van der Waals surface area contributed by atoms with E-state index in [0.29, 0.717) is 28.7 Å². The van der Waals surface area contributed by atoms with Crippen LogP contribution in [0.5, 0.6) is 0 Å². The minimum atomic E-state index is -0.154. The molecule has 0 aliphatic carbocycles. The van der Waals surface area contributed by atoms with Gasteiger partial charge in [0.1, 0.15) is 0 Å². The molecule has 0 amide bonds. The molecule has 2 aromatic rings. The molecule has 21 heavy (non-hydrogen) atoms. The van der Waals surface area contributed by atoms with Crippen LogP contribution in [0.15, 0.2) is 23.3 Å². The summed E-state index contributed by atoms with van der Waals surface area (Å²) in [6, 6.07) is 4.56. The molecule has 6 heteroatoms. The molecule has 2 unspecified atom stereocenters. The van der Waals surface area contributed by atoms with Crippen molar-refractivity contribution in [3.05, 3.63) is 28.8 Å². The molecule has 1 aliphatic rings. The predicted octanol–water partition coefficient (Wildman–Crippen LogP) is 1.03. The largest absolute Gasteiger partial charge is 0.397 e. The molecule has 2 heterocycles. The van der Waals surface area contributed by atoms with Gasteiger partial charge in [-0.15, -0.1) is 0 Å². The first-order chi connectivity index (χ1) is 9.97. The van der Waals surface area contributed by atoms with Gasteiger partial charge >= 0.3 is 0 Å². The van der Waals surface area contributed by atoms with Crippen molar-refractivity contribution >= 4 is 22.3 Å². The molecule has 0 spiro atoms. The number of benzene rings is 1. The maximum atomic E-state index is 11.8. The van der Waals surface area contributed by atoms with Crippen molar-refractivity contribution in [2.75, 3.05) is 30.8 Å². The Labute approximate surface area is 123 Å². The number of hydrogen-bond acceptors (Lipinski definition) is 5. The monoisotopic (exact) mass is 287 g/mol. The Bertz CT molecular complexity index is 714. The molecule has 0 bridgehead atoms. The summed E-state index contributed by atoms with van der Waals surface area (Å²) < 4.78 is 0. The van der Waals surface area contributed by atoms with Gasteiger partial charge in [0.25, 0.3) is 5.56 Å². The average molecular weight is 287 g/mol. The minimum Gasteiger partial charge on any atom is -0.397 e. The lowest BCUT2D eigenvalue weighted by atomic mass is 10.1. The van der Waals surface area contributed by atoms with Crippen LogP contribution < -0.4 is 16.2 Å². The number of hydrogen-bond donors (Lipinski definition) is 2. The summed E-state index contributed by atoms with van der Waals surface area (Å²) in [5, 5.41) is 0.536. The Morgan fingerprint density at radius 1 is 1.29 bits per heavy atom. The standard InChI is InChI=1S/C15H21N5O/c1-9-6-20(7-10(2)19(9)3)14-5-13-11(4-12(14)16)15(21)18-8-17-13/h4-5,8-10H,6-7,16H2,1-3H3,(H,17,18,21). The summed E-state index contributed by atoms with van der Waals surface area (Å²) in [5.41, 5.74) is 8.30. The highest BCUT2D eigenvalue weighted by molar-refractivity contribution is 5.88. The number of H-pyrrole nitrogens is 1. The van der Waals surface area contributed by atoms with Crippen molar-refractivity contribution in [2.45, 2.75) is 25.9 Å². The smallest absolute Gasteiger partial charge is 0.258 e. The van der Waals surface area contributed by atoms with E-state index >= 15 is 0 Å². The fourth-order valence-electron chi connectivity index (χ4n) is 3.00. The summed E-state index contributed by atoms with van der Waals surface area (Å²) in [4.78, 5) is 23.3. The molecule has 1 saturated heterocycles. The molecule has 0 radical (unpaired) electrons. The van der Waals surface area contributed by atoms with Crippen molar-refractivity contribution in [3.8, 4) is 0 Å². The second kappa shape index (κ2) is 5.04. The highest BCUT2D eigenvalue weighted by Crippen LogP contribution is 2.29. The Balaban J connectivity index is 2.05. The summed E-state index contributed by atoms with van der Waals surface area (Å²) >= 11 is 0. The van der Waals surface area contributed by atoms with Crippen molar-refractivity contribution in [3.63, 3.8) is 0 Å². The number of likely N-dealkylation sites (N-methyl/N-ethyl adjacent to an activating group) is 1. The minimum absolute atomic E-state index is 0.154. The number of nitrogens with one attached hydrogen (secondary N) is 1. The zero-order chi connectivity index (χ0) is 15.1. The maximum absolute atomic E-state index is 11.8. The number of aromatic nitrogens is 2. The van der Waals surface area contributed by atoms with E-state index in [1.807, 2.05) is 6.07 Å². The number of nitrogens with zero attached hydrogens (tertiary/aromatic N) is 3. The summed E-state index contributed by atoms with van der Waals surface area (Å²) in [6.45, 7) is 6.26. The topological polar surface area (TPSA) is 78.2 Å². The Hall–Kier alpha value is -2.08. The summed E-state index contributed by atoms with van der Waals surface area (Å²) in [6.07, 6.45) is 1.43. The zero-order valence-corrected chi connectivity index (χ0v) is 12.6. The highest BCUT2D eigenvalue weighted by atomic mass is 16.1. The fourth-order valence-corrected chi connectivity index (χ4v) is 3.00. The van der Waals surface area contributed by atoms with E-state index in [4.69, 9.17) is 5.73 Å². The molecular weight excluding hydrogens is 266 g/mol. The lowest BCUT2D eigenvalue weighted by molar-refractivity contribution is 0.170. The molecule has 6 nitrogen and oxygen atoms in total. The Kier molecular flexibility index (Phi) is 3.33. The quantitative estimate of drug-likeness (QED) is 0.766. The highest BCUT2D eigenvalue weighted by Gasteiger charge is 2.27. The third kappa shape index (κ3) is 2.35. The van der Waals surface area contributed by atoms with E-state index < -0.39 is 0 Å². The third-order valence-corrected chi connectivity index (χ3v) is 4.49. The first-order valence-corrected chi connectivity index (χ1v) is 7.21. The van der Waals surface area contributed by atoms with E-state index in [1.54, 1.807) is 6.07 Å². The number of aromatic amines is 1. The van der Waals surface area contributed by atoms with Crippen LogP contribution >= 0.6 is 0 Å². The van der Waals surface area contributed by atoms with Crippen LogP contribution in [0, 0.1) is 0 Å². The van der Waals surface area contributed by atoms with Gasteiger partial charge in [0.05, 0.1) is 28.6 Å². The van der Waals surface area contributed by atoms with Crippen LogP contribution in [0.4, 0.5) is 11.4 Å². The van der Waals surface area contributed by atoms with Gasteiger partial charge in [0.2, 0.25) is 0 Å². The molecule has 3 N–H and O–H groups in total. The van der Waals surface area contributed by atoms with Gasteiger partial charge in [-0.05, 0) is 33.0 Å². The average Bonchev–Trinajstić information content (AvgIpc) is 2.45. The Morgan fingerprint density at radius 2 is 1.95 bits per heavy atom. The molecule has 1 aliphatic heterocycles. The molecule has 0 saturated carbocycles. The first kappa shape index (κ1) is 13.9. The van der Waals surface area contributed by atoms with E-state index in [-0.39, 0.29) is 5.56 Å². The summed E-state index contributed by atoms with van der Waals surface area (Å²) in [5.74, 6) is 0. The van der Waals surface area contributed by atoms with Crippen LogP contribution in [-0.4, -0.2) is 47.1 Å². The molecule has 2 atom stereocenters. The molecule has 1 aromatic heterocycles. The third-order valence-electron chi connectivity index (χ3n) is 4.49. The van der Waals surface area contributed by atoms with E-state index in [2.05, 4.69) is 40.7 Å². The zero-order valence-electron chi connectivity index (χ0n) is 12.6. The second-order valence-corrected chi connectivity index (χ2v) is 5.93. The number of rotatable bonds is 1. The lowest BCUT2D eigenvalue weighted by Gasteiger charge is -2.43. The normalized spacial score (nSPS) is 23.7. The van der Waals surface area contributed by atoms with Crippen LogP contribution in [0.3, 0.4) is 0 Å². The number of piperazine rings is 1. The lowest BCUT2D eigenvalue weighted by Crippen LogP contribution is -2.55. The van der Waals surface area contributed by atoms with E-state index in [0.717, 1.165) is 18.8 Å². The van der Waals surface area contributed by atoms with E-state index in [9.17, 15) is 4.79 Å². The van der Waals surface area contributed by atoms with Crippen molar-refractivity contribution in [1.82, 2.24) is 14.9 Å². The number of fused-ring (bicyclic) bond motifs is 1. The van der Waals surface area contributed by atoms with Crippen LogP contribution in [0.1, 0.15) is 13.8 Å². The van der Waals surface area contributed by atoms with E-state index in [1.165, 1.54) is 6.33 Å². The van der Waals surface area contributed by atoms with Crippen molar-refractivity contribution < 1.29 is 0 Å². The van der Waals surface area contributed by atoms with Crippen molar-refractivity contribution in [1.29, 1.82) is 0 Å². The van der Waals surface area contributed by atoms with Crippen molar-refractivity contribution in [2.24, 2.45) is 0 Å². The van der Waals surface area contributed by atoms with Gasteiger partial charge in [0, 0.05) is 25.2 Å². The predicted molar refractivity (Wildman–Crippen MR) is 85.7 cm³/mol. The fraction of sp³-hybridized carbons (Fsp3) is 0.467. The molecule has 1 fully saturated rings. The SMILES string of the molecule is CC1CN(c2cc3nc[nH]c(=O)c3cc2N)CC(C)N1C.